The van der Waals surface area contributed by atoms with Crippen LogP contribution in [0.2, 0.25) is 0 Å². The molecule has 5 heteroatoms. The number of carbonyl (C=O) groups excluding carboxylic acids is 1. The van der Waals surface area contributed by atoms with E-state index in [2.05, 4.69) is 25.4 Å². The molecule has 0 aromatic rings. The Kier molecular flexibility index (Phi) is 8.04. The lowest BCUT2D eigenvalue weighted by atomic mass is 10.0. The summed E-state index contributed by atoms with van der Waals surface area (Å²) in [5, 5.41) is 3.70. The Labute approximate surface area is 140 Å². The van der Waals surface area contributed by atoms with E-state index in [1.54, 1.807) is 0 Å². The quantitative estimate of drug-likeness (QED) is 0.769. The summed E-state index contributed by atoms with van der Waals surface area (Å²) in [4.78, 5) is 14.2. The van der Waals surface area contributed by atoms with Crippen LogP contribution in [-0.2, 0) is 4.74 Å². The average Bonchev–Trinajstić information content (AvgIpc) is 2.84. The van der Waals surface area contributed by atoms with Gasteiger partial charge in [-0.2, -0.15) is 11.8 Å². The highest BCUT2D eigenvalue weighted by Gasteiger charge is 2.33. The average molecular weight is 331 g/mol. The zero-order chi connectivity index (χ0) is 16.8. The van der Waals surface area contributed by atoms with E-state index in [1.807, 2.05) is 37.4 Å². The van der Waals surface area contributed by atoms with Crippen molar-refractivity contribution in [3.63, 3.8) is 0 Å². The fraction of sp³-hybridized carbons (Fsp3) is 0.941. The molecule has 0 saturated carbocycles. The number of hydrogen-bond acceptors (Lipinski definition) is 4. The van der Waals surface area contributed by atoms with Crippen LogP contribution in [0.5, 0.6) is 0 Å². The molecule has 4 nitrogen and oxygen atoms in total. The SMILES string of the molecule is CCC(CSC)NC(C)CC1CCCN1C(=O)OC(C)(C)C. The number of rotatable bonds is 7. The van der Waals surface area contributed by atoms with Crippen LogP contribution in [-0.4, -0.2) is 53.3 Å². The highest BCUT2D eigenvalue weighted by atomic mass is 32.2. The van der Waals surface area contributed by atoms with Gasteiger partial charge in [-0.15, -0.1) is 0 Å². The molecule has 0 aromatic carbocycles. The Balaban J connectivity index is 2.50. The van der Waals surface area contributed by atoms with Crippen LogP contribution in [0.1, 0.15) is 60.3 Å². The smallest absolute Gasteiger partial charge is 0.410 e. The van der Waals surface area contributed by atoms with E-state index in [0.29, 0.717) is 18.1 Å². The predicted molar refractivity (Wildman–Crippen MR) is 95.6 cm³/mol. The molecule has 1 heterocycles. The third kappa shape index (κ3) is 6.78. The second-order valence-electron chi connectivity index (χ2n) is 7.33. The van der Waals surface area contributed by atoms with Gasteiger partial charge in [0.05, 0.1) is 0 Å². The van der Waals surface area contributed by atoms with Gasteiger partial charge in [0.15, 0.2) is 0 Å². The largest absolute Gasteiger partial charge is 0.444 e. The van der Waals surface area contributed by atoms with Crippen molar-refractivity contribution in [2.75, 3.05) is 18.6 Å². The Hall–Kier alpha value is -0.420. The molecule has 130 valence electrons. The van der Waals surface area contributed by atoms with E-state index >= 15 is 0 Å². The second-order valence-corrected chi connectivity index (χ2v) is 8.24. The van der Waals surface area contributed by atoms with Gasteiger partial charge in [0, 0.05) is 30.4 Å². The summed E-state index contributed by atoms with van der Waals surface area (Å²) in [7, 11) is 0. The van der Waals surface area contributed by atoms with Crippen molar-refractivity contribution in [3.8, 4) is 0 Å². The maximum Gasteiger partial charge on any atom is 0.410 e. The van der Waals surface area contributed by atoms with Crippen molar-refractivity contribution in [1.29, 1.82) is 0 Å². The van der Waals surface area contributed by atoms with Crippen LogP contribution in [0.3, 0.4) is 0 Å². The molecule has 1 aliphatic heterocycles. The minimum atomic E-state index is -0.417. The van der Waals surface area contributed by atoms with Crippen molar-refractivity contribution in [2.45, 2.75) is 84.0 Å². The Bertz CT molecular complexity index is 344. The van der Waals surface area contributed by atoms with Gasteiger partial charge in [0.25, 0.3) is 0 Å². The van der Waals surface area contributed by atoms with E-state index in [1.165, 1.54) is 0 Å². The zero-order valence-corrected chi connectivity index (χ0v) is 16.0. The summed E-state index contributed by atoms with van der Waals surface area (Å²) >= 11 is 1.88. The molecule has 0 spiro atoms. The third-order valence-electron chi connectivity index (χ3n) is 4.01. The van der Waals surface area contributed by atoms with E-state index < -0.39 is 5.60 Å². The number of hydrogen-bond donors (Lipinski definition) is 1. The minimum Gasteiger partial charge on any atom is -0.444 e. The van der Waals surface area contributed by atoms with Gasteiger partial charge in [-0.1, -0.05) is 6.92 Å². The fourth-order valence-electron chi connectivity index (χ4n) is 3.01. The lowest BCUT2D eigenvalue weighted by Gasteiger charge is -2.31. The van der Waals surface area contributed by atoms with Crippen molar-refractivity contribution in [3.05, 3.63) is 0 Å². The molecule has 1 N–H and O–H groups in total. The second kappa shape index (κ2) is 9.02. The number of nitrogens with zero attached hydrogens (tertiary/aromatic N) is 1. The first kappa shape index (κ1) is 19.6. The molecule has 0 bridgehead atoms. The summed E-state index contributed by atoms with van der Waals surface area (Å²) < 4.78 is 5.54. The lowest BCUT2D eigenvalue weighted by Crippen LogP contribution is -2.44. The fourth-order valence-corrected chi connectivity index (χ4v) is 3.74. The summed E-state index contributed by atoms with van der Waals surface area (Å²) in [5.74, 6) is 1.14. The number of thioether (sulfide) groups is 1. The zero-order valence-electron chi connectivity index (χ0n) is 15.1. The molecular formula is C17H34N2O2S. The number of carbonyl (C=O) groups is 1. The first-order chi connectivity index (χ1) is 10.3. The van der Waals surface area contributed by atoms with E-state index in [-0.39, 0.29) is 6.09 Å². The van der Waals surface area contributed by atoms with Gasteiger partial charge in [0.2, 0.25) is 0 Å². The molecule has 1 rings (SSSR count). The molecule has 3 atom stereocenters. The van der Waals surface area contributed by atoms with Gasteiger partial charge in [-0.25, -0.2) is 4.79 Å². The highest BCUT2D eigenvalue weighted by Crippen LogP contribution is 2.24. The van der Waals surface area contributed by atoms with Crippen LogP contribution in [0.15, 0.2) is 0 Å². The van der Waals surface area contributed by atoms with Crippen LogP contribution in [0.25, 0.3) is 0 Å². The predicted octanol–water partition coefficient (Wildman–Crippen LogP) is 3.90. The van der Waals surface area contributed by atoms with Gasteiger partial charge in [-0.05, 0) is 59.6 Å². The molecule has 1 amide bonds. The standard InChI is InChI=1S/C17H34N2O2S/c1-7-14(12-22-6)18-13(2)11-15-9-8-10-19(15)16(20)21-17(3,4)5/h13-15,18H,7-12H2,1-6H3. The monoisotopic (exact) mass is 330 g/mol. The van der Waals surface area contributed by atoms with Gasteiger partial charge < -0.3 is 15.0 Å². The van der Waals surface area contributed by atoms with E-state index in [9.17, 15) is 4.79 Å². The number of ether oxygens (including phenoxy) is 1. The Morgan fingerprint density at radius 1 is 1.45 bits per heavy atom. The van der Waals surface area contributed by atoms with Crippen LogP contribution < -0.4 is 5.32 Å². The summed E-state index contributed by atoms with van der Waals surface area (Å²) in [5.41, 5.74) is -0.417. The van der Waals surface area contributed by atoms with Gasteiger partial charge in [-0.3, -0.25) is 0 Å². The lowest BCUT2D eigenvalue weighted by molar-refractivity contribution is 0.0214. The number of amides is 1. The Morgan fingerprint density at radius 3 is 2.68 bits per heavy atom. The normalized spacial score (nSPS) is 21.7. The summed E-state index contributed by atoms with van der Waals surface area (Å²) in [6.07, 6.45) is 6.31. The molecule has 22 heavy (non-hydrogen) atoms. The van der Waals surface area contributed by atoms with Gasteiger partial charge >= 0.3 is 6.09 Å². The minimum absolute atomic E-state index is 0.154. The molecule has 3 unspecified atom stereocenters. The third-order valence-corrected chi connectivity index (χ3v) is 4.75. The van der Waals surface area contributed by atoms with Crippen molar-refractivity contribution in [1.82, 2.24) is 10.2 Å². The van der Waals surface area contributed by atoms with Crippen LogP contribution in [0, 0.1) is 0 Å². The molecular weight excluding hydrogens is 296 g/mol. The topological polar surface area (TPSA) is 41.6 Å². The molecule has 0 aliphatic carbocycles. The van der Waals surface area contributed by atoms with Crippen molar-refractivity contribution < 1.29 is 9.53 Å². The molecule has 1 saturated heterocycles. The first-order valence-electron chi connectivity index (χ1n) is 8.51. The summed E-state index contributed by atoms with van der Waals surface area (Å²) in [6.45, 7) is 11.1. The van der Waals surface area contributed by atoms with E-state index in [4.69, 9.17) is 4.74 Å². The maximum atomic E-state index is 12.3. The highest BCUT2D eigenvalue weighted by molar-refractivity contribution is 7.98. The molecule has 0 radical (unpaired) electrons. The number of nitrogens with one attached hydrogen (secondary N) is 1. The van der Waals surface area contributed by atoms with Gasteiger partial charge in [0.1, 0.15) is 5.60 Å². The van der Waals surface area contributed by atoms with E-state index in [0.717, 1.165) is 38.0 Å². The van der Waals surface area contributed by atoms with Crippen molar-refractivity contribution >= 4 is 17.9 Å². The van der Waals surface area contributed by atoms with Crippen LogP contribution >= 0.6 is 11.8 Å². The Morgan fingerprint density at radius 2 is 2.14 bits per heavy atom. The first-order valence-corrected chi connectivity index (χ1v) is 9.90. The molecule has 0 aromatic heterocycles. The molecule has 1 fully saturated rings. The maximum absolute atomic E-state index is 12.3. The van der Waals surface area contributed by atoms with Crippen molar-refractivity contribution in [2.24, 2.45) is 0 Å². The van der Waals surface area contributed by atoms with Crippen LogP contribution in [0.4, 0.5) is 4.79 Å². The summed E-state index contributed by atoms with van der Waals surface area (Å²) in [6, 6.07) is 1.29. The number of likely N-dealkylation sites (tertiary alicyclic amines) is 1. The molecule has 1 aliphatic rings.